The predicted octanol–water partition coefficient (Wildman–Crippen LogP) is 2.40. The van der Waals surface area contributed by atoms with E-state index in [-0.39, 0.29) is 11.7 Å². The first-order valence-electron chi connectivity index (χ1n) is 7.33. The van der Waals surface area contributed by atoms with Crippen LogP contribution in [0.4, 0.5) is 4.39 Å². The predicted molar refractivity (Wildman–Crippen MR) is 73.9 cm³/mol. The number of hydrogen-bond acceptors (Lipinski definition) is 2. The van der Waals surface area contributed by atoms with Gasteiger partial charge in [0.05, 0.1) is 12.0 Å². The molecule has 2 fully saturated rings. The van der Waals surface area contributed by atoms with Gasteiger partial charge in [-0.2, -0.15) is 0 Å². The fourth-order valence-corrected chi connectivity index (χ4v) is 2.92. The maximum absolute atomic E-state index is 13.0. The summed E-state index contributed by atoms with van der Waals surface area (Å²) in [6, 6.07) is 6.31. The molecule has 0 bridgehead atoms. The minimum absolute atomic E-state index is 0.0784. The Morgan fingerprint density at radius 1 is 1.35 bits per heavy atom. The molecule has 1 atom stereocenters. The molecule has 0 aromatic heterocycles. The highest BCUT2D eigenvalue weighted by Crippen LogP contribution is 2.48. The summed E-state index contributed by atoms with van der Waals surface area (Å²) in [6.07, 6.45) is 3.89. The first-order chi connectivity index (χ1) is 9.71. The highest BCUT2D eigenvalue weighted by Gasteiger charge is 2.51. The average Bonchev–Trinajstić information content (AvgIpc) is 3.28. The van der Waals surface area contributed by atoms with Gasteiger partial charge in [-0.3, -0.25) is 4.79 Å². The molecule has 1 aliphatic carbocycles. The summed E-state index contributed by atoms with van der Waals surface area (Å²) in [4.78, 5) is 12.4. The van der Waals surface area contributed by atoms with Gasteiger partial charge in [-0.1, -0.05) is 12.1 Å². The van der Waals surface area contributed by atoms with Gasteiger partial charge in [0.25, 0.3) is 0 Å². The van der Waals surface area contributed by atoms with Crippen LogP contribution in [0.1, 0.15) is 31.2 Å². The number of hydrogen-bond donors (Lipinski definition) is 1. The SMILES string of the molecule is O=C(NCC1CCCOC1)C1(c2ccc(F)cc2)CC1. The number of rotatable bonds is 4. The first kappa shape index (κ1) is 13.6. The van der Waals surface area contributed by atoms with Gasteiger partial charge in [-0.15, -0.1) is 0 Å². The molecule has 4 heteroatoms. The Kier molecular flexibility index (Phi) is 3.74. The van der Waals surface area contributed by atoms with Crippen LogP contribution in [0.5, 0.6) is 0 Å². The summed E-state index contributed by atoms with van der Waals surface area (Å²) in [5.41, 5.74) is 0.514. The summed E-state index contributed by atoms with van der Waals surface area (Å²) in [5.74, 6) is 0.246. The van der Waals surface area contributed by atoms with Gasteiger partial charge in [-0.05, 0) is 49.3 Å². The molecule has 108 valence electrons. The summed E-state index contributed by atoms with van der Waals surface area (Å²) < 4.78 is 18.4. The van der Waals surface area contributed by atoms with Gasteiger partial charge in [0.1, 0.15) is 5.82 Å². The second kappa shape index (κ2) is 5.52. The molecule has 1 aromatic carbocycles. The quantitative estimate of drug-likeness (QED) is 0.917. The second-order valence-corrected chi connectivity index (χ2v) is 5.88. The molecular weight excluding hydrogens is 257 g/mol. The van der Waals surface area contributed by atoms with Gasteiger partial charge < -0.3 is 10.1 Å². The molecular formula is C16H20FNO2. The zero-order valence-electron chi connectivity index (χ0n) is 11.5. The number of carbonyl (C=O) groups is 1. The number of amides is 1. The van der Waals surface area contributed by atoms with Crippen LogP contribution < -0.4 is 5.32 Å². The van der Waals surface area contributed by atoms with Gasteiger partial charge in [0, 0.05) is 13.2 Å². The lowest BCUT2D eigenvalue weighted by Crippen LogP contribution is -2.39. The van der Waals surface area contributed by atoms with Crippen molar-refractivity contribution in [1.82, 2.24) is 5.32 Å². The maximum atomic E-state index is 13.0. The third kappa shape index (κ3) is 2.70. The maximum Gasteiger partial charge on any atom is 0.230 e. The Balaban J connectivity index is 1.60. The van der Waals surface area contributed by atoms with Crippen molar-refractivity contribution >= 4 is 5.91 Å². The number of nitrogens with one attached hydrogen (secondary N) is 1. The topological polar surface area (TPSA) is 38.3 Å². The normalized spacial score (nSPS) is 24.1. The summed E-state index contributed by atoms with van der Waals surface area (Å²) >= 11 is 0. The van der Waals surface area contributed by atoms with Crippen LogP contribution in [0.25, 0.3) is 0 Å². The van der Waals surface area contributed by atoms with Crippen LogP contribution in [0.3, 0.4) is 0 Å². The van der Waals surface area contributed by atoms with E-state index in [2.05, 4.69) is 5.32 Å². The molecule has 0 spiro atoms. The minimum Gasteiger partial charge on any atom is -0.381 e. The number of ether oxygens (including phenoxy) is 1. The number of halogens is 1. The smallest absolute Gasteiger partial charge is 0.230 e. The monoisotopic (exact) mass is 277 g/mol. The third-order valence-electron chi connectivity index (χ3n) is 4.39. The lowest BCUT2D eigenvalue weighted by molar-refractivity contribution is -0.124. The molecule has 20 heavy (non-hydrogen) atoms. The molecule has 1 heterocycles. The van der Waals surface area contributed by atoms with Crippen molar-refractivity contribution in [2.75, 3.05) is 19.8 Å². The van der Waals surface area contributed by atoms with E-state index in [0.717, 1.165) is 44.5 Å². The largest absolute Gasteiger partial charge is 0.381 e. The van der Waals surface area contributed by atoms with Gasteiger partial charge in [0.15, 0.2) is 0 Å². The van der Waals surface area contributed by atoms with E-state index < -0.39 is 5.41 Å². The summed E-state index contributed by atoms with van der Waals surface area (Å²) in [6.45, 7) is 2.26. The highest BCUT2D eigenvalue weighted by molar-refractivity contribution is 5.91. The molecule has 3 rings (SSSR count). The van der Waals surface area contributed by atoms with Crippen LogP contribution in [0.2, 0.25) is 0 Å². The van der Waals surface area contributed by atoms with Crippen molar-refractivity contribution in [3.05, 3.63) is 35.6 Å². The molecule has 0 radical (unpaired) electrons. The Morgan fingerprint density at radius 3 is 2.70 bits per heavy atom. The molecule has 1 aliphatic heterocycles. The van der Waals surface area contributed by atoms with Crippen molar-refractivity contribution < 1.29 is 13.9 Å². The lowest BCUT2D eigenvalue weighted by atomic mass is 9.94. The molecule has 1 amide bonds. The summed E-state index contributed by atoms with van der Waals surface area (Å²) in [5, 5.41) is 3.06. The zero-order chi connectivity index (χ0) is 14.0. The van der Waals surface area contributed by atoms with E-state index in [9.17, 15) is 9.18 Å². The number of benzene rings is 1. The molecule has 3 nitrogen and oxygen atoms in total. The highest BCUT2D eigenvalue weighted by atomic mass is 19.1. The van der Waals surface area contributed by atoms with Crippen molar-refractivity contribution in [1.29, 1.82) is 0 Å². The fraction of sp³-hybridized carbons (Fsp3) is 0.562. The Labute approximate surface area is 118 Å². The van der Waals surface area contributed by atoms with E-state index in [1.165, 1.54) is 12.1 Å². The molecule has 1 saturated carbocycles. The minimum atomic E-state index is -0.413. The average molecular weight is 277 g/mol. The molecule has 2 aliphatic rings. The van der Waals surface area contributed by atoms with Crippen LogP contribution in [0.15, 0.2) is 24.3 Å². The standard InChI is InChI=1S/C16H20FNO2/c17-14-5-3-13(4-6-14)16(7-8-16)15(19)18-10-12-2-1-9-20-11-12/h3-6,12H,1-2,7-11H2,(H,18,19). The van der Waals surface area contributed by atoms with Crippen LogP contribution in [-0.2, 0) is 14.9 Å². The van der Waals surface area contributed by atoms with Crippen molar-refractivity contribution in [2.45, 2.75) is 31.1 Å². The molecule has 1 aromatic rings. The van der Waals surface area contributed by atoms with Gasteiger partial charge in [0.2, 0.25) is 5.91 Å². The molecule has 1 saturated heterocycles. The van der Waals surface area contributed by atoms with Gasteiger partial charge >= 0.3 is 0 Å². The van der Waals surface area contributed by atoms with E-state index in [4.69, 9.17) is 4.74 Å². The Bertz CT molecular complexity index is 476. The summed E-state index contributed by atoms with van der Waals surface area (Å²) in [7, 11) is 0. The molecule has 1 N–H and O–H groups in total. The van der Waals surface area contributed by atoms with E-state index >= 15 is 0 Å². The Morgan fingerprint density at radius 2 is 2.10 bits per heavy atom. The van der Waals surface area contributed by atoms with Crippen molar-refractivity contribution in [3.63, 3.8) is 0 Å². The van der Waals surface area contributed by atoms with Crippen LogP contribution >= 0.6 is 0 Å². The lowest BCUT2D eigenvalue weighted by Gasteiger charge is -2.23. The number of carbonyl (C=O) groups excluding carboxylic acids is 1. The fourth-order valence-electron chi connectivity index (χ4n) is 2.92. The third-order valence-corrected chi connectivity index (χ3v) is 4.39. The van der Waals surface area contributed by atoms with Crippen LogP contribution in [-0.4, -0.2) is 25.7 Å². The van der Waals surface area contributed by atoms with E-state index in [1.54, 1.807) is 12.1 Å². The van der Waals surface area contributed by atoms with Crippen molar-refractivity contribution in [2.24, 2.45) is 5.92 Å². The molecule has 1 unspecified atom stereocenters. The zero-order valence-corrected chi connectivity index (χ0v) is 11.5. The van der Waals surface area contributed by atoms with E-state index in [1.807, 2.05) is 0 Å². The first-order valence-corrected chi connectivity index (χ1v) is 7.33. The second-order valence-electron chi connectivity index (χ2n) is 5.88. The van der Waals surface area contributed by atoms with Crippen LogP contribution in [0, 0.1) is 11.7 Å². The van der Waals surface area contributed by atoms with E-state index in [0.29, 0.717) is 12.5 Å². The Hall–Kier alpha value is -1.42. The van der Waals surface area contributed by atoms with Crippen molar-refractivity contribution in [3.8, 4) is 0 Å². The van der Waals surface area contributed by atoms with Gasteiger partial charge in [-0.25, -0.2) is 4.39 Å².